The first kappa shape index (κ1) is 10.3. The van der Waals surface area contributed by atoms with Gasteiger partial charge in [-0.1, -0.05) is 13.0 Å². The predicted molar refractivity (Wildman–Crippen MR) is 49.3 cm³/mol. The summed E-state index contributed by atoms with van der Waals surface area (Å²) >= 11 is 0. The lowest BCUT2D eigenvalue weighted by atomic mass is 10.0. The Morgan fingerprint density at radius 2 is 2.38 bits per heavy atom. The Morgan fingerprint density at radius 1 is 1.69 bits per heavy atom. The van der Waals surface area contributed by atoms with Gasteiger partial charge in [-0.2, -0.15) is 0 Å². The number of hydrogen-bond acceptors (Lipinski definition) is 3. The molecule has 3 heteroatoms. The number of ether oxygens (including phenoxy) is 2. The Balaban J connectivity index is 2.57. The van der Waals surface area contributed by atoms with Crippen LogP contribution in [0.2, 0.25) is 0 Å². The summed E-state index contributed by atoms with van der Waals surface area (Å²) in [6.07, 6.45) is 2.88. The first-order valence-corrected chi connectivity index (χ1v) is 4.60. The maximum Gasteiger partial charge on any atom is 0.333 e. The third-order valence-electron chi connectivity index (χ3n) is 2.42. The number of hydrogen-bond donors (Lipinski definition) is 0. The van der Waals surface area contributed by atoms with E-state index < -0.39 is 0 Å². The molecule has 0 spiro atoms. The summed E-state index contributed by atoms with van der Waals surface area (Å²) in [5.74, 6) is -0.0675. The number of methoxy groups -OCH3 is 1. The van der Waals surface area contributed by atoms with Gasteiger partial charge >= 0.3 is 5.97 Å². The molecule has 0 heterocycles. The molecule has 1 aliphatic rings. The average molecular weight is 184 g/mol. The molecular formula is C10H16O3. The standard InChI is InChI=1S/C10H16O3/c1-4-13-9-6-5-8(7(9)2)10(11)12-3/h5,7,9H,4,6H2,1-3H3/t7-,9+/m0/s1. The molecule has 0 aromatic rings. The topological polar surface area (TPSA) is 35.5 Å². The number of esters is 1. The summed E-state index contributed by atoms with van der Waals surface area (Å²) in [6.45, 7) is 4.65. The van der Waals surface area contributed by atoms with Crippen molar-refractivity contribution in [3.63, 3.8) is 0 Å². The smallest absolute Gasteiger partial charge is 0.333 e. The quantitative estimate of drug-likeness (QED) is 0.624. The Morgan fingerprint density at radius 3 is 2.92 bits per heavy atom. The van der Waals surface area contributed by atoms with Crippen LogP contribution in [-0.2, 0) is 14.3 Å². The molecule has 0 amide bonds. The van der Waals surface area contributed by atoms with E-state index in [1.54, 1.807) is 0 Å². The zero-order valence-corrected chi connectivity index (χ0v) is 8.37. The molecule has 74 valence electrons. The van der Waals surface area contributed by atoms with Crippen LogP contribution in [0.1, 0.15) is 20.3 Å². The molecule has 13 heavy (non-hydrogen) atoms. The largest absolute Gasteiger partial charge is 0.466 e. The second kappa shape index (κ2) is 4.42. The highest BCUT2D eigenvalue weighted by Gasteiger charge is 2.30. The Hall–Kier alpha value is -0.830. The fraction of sp³-hybridized carbons (Fsp3) is 0.700. The summed E-state index contributed by atoms with van der Waals surface area (Å²) < 4.78 is 10.1. The zero-order valence-electron chi connectivity index (χ0n) is 8.37. The van der Waals surface area contributed by atoms with Crippen molar-refractivity contribution >= 4 is 5.97 Å². The van der Waals surface area contributed by atoms with Crippen molar-refractivity contribution in [1.29, 1.82) is 0 Å². The Labute approximate surface area is 78.7 Å². The van der Waals surface area contributed by atoms with Crippen LogP contribution < -0.4 is 0 Å². The minimum Gasteiger partial charge on any atom is -0.466 e. The van der Waals surface area contributed by atoms with Gasteiger partial charge in [0.2, 0.25) is 0 Å². The lowest BCUT2D eigenvalue weighted by molar-refractivity contribution is -0.137. The number of rotatable bonds is 3. The molecule has 1 rings (SSSR count). The van der Waals surface area contributed by atoms with Crippen molar-refractivity contribution in [3.05, 3.63) is 11.6 Å². The molecule has 0 bridgehead atoms. The number of carbonyl (C=O) groups is 1. The summed E-state index contributed by atoms with van der Waals surface area (Å²) in [4.78, 5) is 11.2. The van der Waals surface area contributed by atoms with Crippen molar-refractivity contribution in [3.8, 4) is 0 Å². The van der Waals surface area contributed by atoms with Crippen LogP contribution in [0.15, 0.2) is 11.6 Å². The lowest BCUT2D eigenvalue weighted by Crippen LogP contribution is -2.21. The van der Waals surface area contributed by atoms with E-state index in [0.717, 1.165) is 12.0 Å². The fourth-order valence-corrected chi connectivity index (χ4v) is 1.65. The summed E-state index contributed by atoms with van der Waals surface area (Å²) in [6, 6.07) is 0. The molecule has 0 saturated heterocycles. The van der Waals surface area contributed by atoms with Gasteiger partial charge in [0, 0.05) is 18.1 Å². The second-order valence-corrected chi connectivity index (χ2v) is 3.17. The summed E-state index contributed by atoms with van der Waals surface area (Å²) in [5.41, 5.74) is 0.751. The van der Waals surface area contributed by atoms with Crippen molar-refractivity contribution in [2.24, 2.45) is 5.92 Å². The van der Waals surface area contributed by atoms with Gasteiger partial charge < -0.3 is 9.47 Å². The van der Waals surface area contributed by atoms with Crippen molar-refractivity contribution in [2.45, 2.75) is 26.4 Å². The minimum absolute atomic E-state index is 0.152. The first-order valence-electron chi connectivity index (χ1n) is 4.60. The van der Waals surface area contributed by atoms with E-state index in [1.807, 2.05) is 19.9 Å². The molecule has 1 aliphatic carbocycles. The van der Waals surface area contributed by atoms with Gasteiger partial charge in [-0.15, -0.1) is 0 Å². The van der Waals surface area contributed by atoms with Crippen molar-refractivity contribution in [2.75, 3.05) is 13.7 Å². The SMILES string of the molecule is CCO[C@@H]1CC=C(C(=O)OC)[C@@H]1C. The van der Waals surface area contributed by atoms with Crippen LogP contribution in [0.3, 0.4) is 0 Å². The fourth-order valence-electron chi connectivity index (χ4n) is 1.65. The monoisotopic (exact) mass is 184 g/mol. The Kier molecular flexibility index (Phi) is 3.48. The van der Waals surface area contributed by atoms with Crippen LogP contribution in [0.25, 0.3) is 0 Å². The number of carbonyl (C=O) groups excluding carboxylic acids is 1. The van der Waals surface area contributed by atoms with E-state index >= 15 is 0 Å². The maximum absolute atomic E-state index is 11.2. The molecule has 0 N–H and O–H groups in total. The van der Waals surface area contributed by atoms with E-state index in [9.17, 15) is 4.79 Å². The summed E-state index contributed by atoms with van der Waals surface area (Å²) in [7, 11) is 1.41. The van der Waals surface area contributed by atoms with Gasteiger partial charge in [-0.05, 0) is 13.3 Å². The molecule has 0 aromatic heterocycles. The van der Waals surface area contributed by atoms with Gasteiger partial charge in [0.25, 0.3) is 0 Å². The predicted octanol–water partition coefficient (Wildman–Crippen LogP) is 1.53. The maximum atomic E-state index is 11.2. The van der Waals surface area contributed by atoms with Crippen LogP contribution in [0.5, 0.6) is 0 Å². The third-order valence-corrected chi connectivity index (χ3v) is 2.42. The highest BCUT2D eigenvalue weighted by Crippen LogP contribution is 2.28. The highest BCUT2D eigenvalue weighted by molar-refractivity contribution is 5.89. The molecule has 0 saturated carbocycles. The minimum atomic E-state index is -0.227. The molecule has 2 atom stereocenters. The van der Waals surface area contributed by atoms with E-state index in [-0.39, 0.29) is 18.0 Å². The van der Waals surface area contributed by atoms with Gasteiger partial charge in [-0.25, -0.2) is 4.79 Å². The molecule has 0 aromatic carbocycles. The van der Waals surface area contributed by atoms with Crippen LogP contribution in [-0.4, -0.2) is 25.8 Å². The van der Waals surface area contributed by atoms with E-state index in [0.29, 0.717) is 6.61 Å². The first-order chi connectivity index (χ1) is 6.20. The van der Waals surface area contributed by atoms with Crippen molar-refractivity contribution in [1.82, 2.24) is 0 Å². The van der Waals surface area contributed by atoms with Gasteiger partial charge in [-0.3, -0.25) is 0 Å². The summed E-state index contributed by atoms with van der Waals surface area (Å²) in [5, 5.41) is 0. The molecular weight excluding hydrogens is 168 g/mol. The van der Waals surface area contributed by atoms with Crippen LogP contribution in [0.4, 0.5) is 0 Å². The van der Waals surface area contributed by atoms with E-state index in [1.165, 1.54) is 7.11 Å². The van der Waals surface area contributed by atoms with Crippen LogP contribution >= 0.6 is 0 Å². The average Bonchev–Trinajstić information content (AvgIpc) is 2.48. The van der Waals surface area contributed by atoms with Crippen molar-refractivity contribution < 1.29 is 14.3 Å². The van der Waals surface area contributed by atoms with E-state index in [4.69, 9.17) is 4.74 Å². The molecule has 0 aliphatic heterocycles. The van der Waals surface area contributed by atoms with Gasteiger partial charge in [0.05, 0.1) is 13.2 Å². The molecule has 0 unspecified atom stereocenters. The third kappa shape index (κ3) is 2.10. The molecule has 3 nitrogen and oxygen atoms in total. The highest BCUT2D eigenvalue weighted by atomic mass is 16.5. The van der Waals surface area contributed by atoms with E-state index in [2.05, 4.69) is 4.74 Å². The second-order valence-electron chi connectivity index (χ2n) is 3.17. The lowest BCUT2D eigenvalue weighted by Gasteiger charge is -2.17. The van der Waals surface area contributed by atoms with Gasteiger partial charge in [0.1, 0.15) is 0 Å². The Bertz CT molecular complexity index is 220. The normalized spacial score (nSPS) is 27.2. The molecule has 0 radical (unpaired) electrons. The van der Waals surface area contributed by atoms with Crippen LogP contribution in [0, 0.1) is 5.92 Å². The zero-order chi connectivity index (χ0) is 9.84. The molecule has 0 fully saturated rings. The van der Waals surface area contributed by atoms with Gasteiger partial charge in [0.15, 0.2) is 0 Å².